The van der Waals surface area contributed by atoms with E-state index in [1.807, 2.05) is 6.20 Å². The lowest BCUT2D eigenvalue weighted by atomic mass is 9.86. The number of hydrogen-bond donors (Lipinski definition) is 0. The van der Waals surface area contributed by atoms with Crippen LogP contribution in [0.15, 0.2) is 30.5 Å². The molecule has 0 atom stereocenters. The van der Waals surface area contributed by atoms with E-state index < -0.39 is 0 Å². The van der Waals surface area contributed by atoms with Gasteiger partial charge in [-0.05, 0) is 73.8 Å². The molecule has 1 aromatic carbocycles. The molecule has 0 saturated carbocycles. The Hall–Kier alpha value is -1.63. The van der Waals surface area contributed by atoms with Gasteiger partial charge in [-0.3, -0.25) is 4.98 Å². The van der Waals surface area contributed by atoms with Gasteiger partial charge in [-0.15, -0.1) is 0 Å². The van der Waals surface area contributed by atoms with E-state index in [1.165, 1.54) is 68.9 Å². The summed E-state index contributed by atoms with van der Waals surface area (Å²) in [5.74, 6) is 0. The molecule has 0 unspecified atom stereocenters. The van der Waals surface area contributed by atoms with Crippen molar-refractivity contribution in [3.63, 3.8) is 0 Å². The number of rotatable bonds is 10. The van der Waals surface area contributed by atoms with Gasteiger partial charge in [0.05, 0.1) is 5.69 Å². The Kier molecular flexibility index (Phi) is 8.18. The van der Waals surface area contributed by atoms with Gasteiger partial charge in [0.1, 0.15) is 0 Å². The summed E-state index contributed by atoms with van der Waals surface area (Å²) in [6.45, 7) is 8.98. The van der Waals surface area contributed by atoms with Crippen molar-refractivity contribution in [2.75, 3.05) is 0 Å². The lowest BCUT2D eigenvalue weighted by Gasteiger charge is -2.19. The van der Waals surface area contributed by atoms with Gasteiger partial charge in [0.25, 0.3) is 0 Å². The number of benzene rings is 1. The number of unbranched alkanes of at least 4 members (excludes halogenated alkanes) is 3. The first kappa shape index (κ1) is 19.7. The van der Waals surface area contributed by atoms with Crippen molar-refractivity contribution in [2.45, 2.75) is 85.5 Å². The minimum Gasteiger partial charge on any atom is -0.256 e. The first-order chi connectivity index (χ1) is 12.2. The highest BCUT2D eigenvalue weighted by molar-refractivity contribution is 5.67. The molecule has 0 aliphatic carbocycles. The van der Waals surface area contributed by atoms with Crippen LogP contribution in [0.5, 0.6) is 0 Å². The van der Waals surface area contributed by atoms with Crippen molar-refractivity contribution in [3.8, 4) is 11.3 Å². The van der Waals surface area contributed by atoms with Crippen LogP contribution in [0.2, 0.25) is 0 Å². The van der Waals surface area contributed by atoms with Crippen molar-refractivity contribution in [1.29, 1.82) is 0 Å². The second-order valence-electron chi connectivity index (χ2n) is 7.26. The normalized spacial score (nSPS) is 11.0. The Morgan fingerprint density at radius 2 is 1.36 bits per heavy atom. The standard InChI is InChI=1S/C24H35N/c1-5-8-11-20-15-16-23(24-17-14-19(4)18-25-24)22(13-10-7-3)21(20)12-9-6-2/h14-18H,5-13H2,1-4H3. The number of hydrogen-bond acceptors (Lipinski definition) is 1. The van der Waals surface area contributed by atoms with Crippen LogP contribution in [-0.4, -0.2) is 4.98 Å². The summed E-state index contributed by atoms with van der Waals surface area (Å²) in [7, 11) is 0. The van der Waals surface area contributed by atoms with Crippen molar-refractivity contribution in [1.82, 2.24) is 4.98 Å². The molecule has 1 aromatic heterocycles. The summed E-state index contributed by atoms with van der Waals surface area (Å²) < 4.78 is 0. The van der Waals surface area contributed by atoms with E-state index in [1.54, 1.807) is 16.7 Å². The van der Waals surface area contributed by atoms with E-state index >= 15 is 0 Å². The fraction of sp³-hybridized carbons (Fsp3) is 0.542. The lowest BCUT2D eigenvalue weighted by Crippen LogP contribution is -2.04. The van der Waals surface area contributed by atoms with Crippen LogP contribution in [0.1, 0.15) is 81.5 Å². The van der Waals surface area contributed by atoms with Crippen molar-refractivity contribution < 1.29 is 0 Å². The Morgan fingerprint density at radius 3 is 1.96 bits per heavy atom. The van der Waals surface area contributed by atoms with Crippen LogP contribution in [0.3, 0.4) is 0 Å². The maximum atomic E-state index is 4.73. The summed E-state index contributed by atoms with van der Waals surface area (Å²) in [4.78, 5) is 4.73. The zero-order valence-corrected chi connectivity index (χ0v) is 16.7. The Morgan fingerprint density at radius 1 is 0.720 bits per heavy atom. The van der Waals surface area contributed by atoms with Gasteiger partial charge in [-0.1, -0.05) is 58.2 Å². The average Bonchev–Trinajstić information content (AvgIpc) is 2.64. The molecule has 1 heterocycles. The van der Waals surface area contributed by atoms with Crippen molar-refractivity contribution >= 4 is 0 Å². The average molecular weight is 338 g/mol. The number of nitrogens with zero attached hydrogens (tertiary/aromatic N) is 1. The predicted octanol–water partition coefficient (Wildman–Crippen LogP) is 7.08. The maximum Gasteiger partial charge on any atom is 0.0705 e. The van der Waals surface area contributed by atoms with Crippen LogP contribution in [0.25, 0.3) is 11.3 Å². The van der Waals surface area contributed by atoms with Crippen LogP contribution < -0.4 is 0 Å². The number of aromatic nitrogens is 1. The molecular formula is C24H35N. The first-order valence-electron chi connectivity index (χ1n) is 10.3. The quantitative estimate of drug-likeness (QED) is 0.451. The molecule has 25 heavy (non-hydrogen) atoms. The predicted molar refractivity (Wildman–Crippen MR) is 110 cm³/mol. The summed E-state index contributed by atoms with van der Waals surface area (Å²) in [6.07, 6.45) is 13.2. The van der Waals surface area contributed by atoms with Gasteiger partial charge in [-0.25, -0.2) is 0 Å². The number of aryl methyl sites for hydroxylation is 2. The van der Waals surface area contributed by atoms with Gasteiger partial charge in [0.15, 0.2) is 0 Å². The van der Waals surface area contributed by atoms with Crippen LogP contribution >= 0.6 is 0 Å². The molecule has 1 heteroatoms. The third-order valence-electron chi connectivity index (χ3n) is 5.08. The third-order valence-corrected chi connectivity index (χ3v) is 5.08. The van der Waals surface area contributed by atoms with E-state index in [0.29, 0.717) is 0 Å². The molecule has 0 aliphatic rings. The second kappa shape index (κ2) is 10.4. The lowest BCUT2D eigenvalue weighted by molar-refractivity contribution is 0.735. The highest BCUT2D eigenvalue weighted by Crippen LogP contribution is 2.31. The minimum absolute atomic E-state index is 1.14. The maximum absolute atomic E-state index is 4.73. The SMILES string of the molecule is CCCCc1ccc(-c2ccc(C)cn2)c(CCCC)c1CCCC. The zero-order chi connectivity index (χ0) is 18.1. The van der Waals surface area contributed by atoms with E-state index in [0.717, 1.165) is 5.69 Å². The van der Waals surface area contributed by atoms with Crippen molar-refractivity contribution in [3.05, 3.63) is 52.7 Å². The highest BCUT2D eigenvalue weighted by Gasteiger charge is 2.15. The van der Waals surface area contributed by atoms with Gasteiger partial charge in [-0.2, -0.15) is 0 Å². The Labute approximate surface area is 154 Å². The molecule has 0 bridgehead atoms. The fourth-order valence-electron chi connectivity index (χ4n) is 3.51. The third kappa shape index (κ3) is 5.42. The van der Waals surface area contributed by atoms with E-state index in [2.05, 4.69) is 52.0 Å². The van der Waals surface area contributed by atoms with Crippen molar-refractivity contribution in [2.24, 2.45) is 0 Å². The second-order valence-corrected chi connectivity index (χ2v) is 7.26. The highest BCUT2D eigenvalue weighted by atomic mass is 14.7. The largest absolute Gasteiger partial charge is 0.256 e. The molecule has 2 aromatic rings. The van der Waals surface area contributed by atoms with Crippen LogP contribution in [0.4, 0.5) is 0 Å². The summed E-state index contributed by atoms with van der Waals surface area (Å²) in [5.41, 5.74) is 8.50. The molecule has 0 spiro atoms. The minimum atomic E-state index is 1.14. The fourth-order valence-corrected chi connectivity index (χ4v) is 3.51. The first-order valence-corrected chi connectivity index (χ1v) is 10.3. The molecule has 0 saturated heterocycles. The van der Waals surface area contributed by atoms with Gasteiger partial charge >= 0.3 is 0 Å². The topological polar surface area (TPSA) is 12.9 Å². The van der Waals surface area contributed by atoms with Gasteiger partial charge in [0, 0.05) is 11.8 Å². The monoisotopic (exact) mass is 337 g/mol. The summed E-state index contributed by atoms with van der Waals surface area (Å²) in [5, 5.41) is 0. The smallest absolute Gasteiger partial charge is 0.0705 e. The van der Waals surface area contributed by atoms with E-state index in [-0.39, 0.29) is 0 Å². The molecule has 136 valence electrons. The zero-order valence-electron chi connectivity index (χ0n) is 16.7. The summed E-state index contributed by atoms with van der Waals surface area (Å²) in [6, 6.07) is 9.09. The molecule has 1 nitrogen and oxygen atoms in total. The summed E-state index contributed by atoms with van der Waals surface area (Å²) >= 11 is 0. The Balaban J connectivity index is 2.51. The van der Waals surface area contributed by atoms with E-state index in [4.69, 9.17) is 4.98 Å². The molecular weight excluding hydrogens is 302 g/mol. The molecule has 0 fully saturated rings. The van der Waals surface area contributed by atoms with Crippen LogP contribution in [-0.2, 0) is 19.3 Å². The molecule has 0 amide bonds. The van der Waals surface area contributed by atoms with Gasteiger partial charge < -0.3 is 0 Å². The Bertz CT molecular complexity index is 640. The number of pyridine rings is 1. The molecule has 0 N–H and O–H groups in total. The molecule has 2 rings (SSSR count). The molecule has 0 radical (unpaired) electrons. The molecule has 0 aliphatic heterocycles. The van der Waals surface area contributed by atoms with E-state index in [9.17, 15) is 0 Å². The van der Waals surface area contributed by atoms with Crippen LogP contribution in [0, 0.1) is 6.92 Å². The van der Waals surface area contributed by atoms with Gasteiger partial charge in [0.2, 0.25) is 0 Å².